The molecule has 7 nitrogen and oxygen atoms in total. The summed E-state index contributed by atoms with van der Waals surface area (Å²) in [4.78, 5) is 12.9. The van der Waals surface area contributed by atoms with Crippen molar-refractivity contribution >= 4 is 27.5 Å². The molecule has 4 saturated heterocycles. The van der Waals surface area contributed by atoms with Gasteiger partial charge in [-0.05, 0) is 61.2 Å². The zero-order valence-corrected chi connectivity index (χ0v) is 26.2. The molecule has 0 spiro atoms. The van der Waals surface area contributed by atoms with Crippen LogP contribution in [-0.2, 0) is 0 Å². The molecule has 4 fully saturated rings. The van der Waals surface area contributed by atoms with E-state index in [4.69, 9.17) is 15.9 Å². The third-order valence-corrected chi connectivity index (χ3v) is 10.4. The largest absolute Gasteiger partial charge is 0.461 e. The van der Waals surface area contributed by atoms with Gasteiger partial charge in [0.2, 0.25) is 0 Å². The minimum absolute atomic E-state index is 0.0109. The Bertz CT molecular complexity index is 2060. The quantitative estimate of drug-likeness (QED) is 0.169. The summed E-state index contributed by atoms with van der Waals surface area (Å²) in [5.41, 5.74) is -1.56. The topological polar surface area (TPSA) is 62.8 Å². The van der Waals surface area contributed by atoms with Crippen molar-refractivity contribution in [1.29, 1.82) is 0 Å². The summed E-state index contributed by atoms with van der Waals surface area (Å²) < 4.78 is 101. The Morgan fingerprint density at radius 1 is 1.06 bits per heavy atom. The Morgan fingerprint density at radius 3 is 2.59 bits per heavy atom. The molecule has 4 aromatic rings. The van der Waals surface area contributed by atoms with Gasteiger partial charge in [-0.2, -0.15) is 18.7 Å². The van der Waals surface area contributed by atoms with E-state index in [0.29, 0.717) is 43.3 Å². The summed E-state index contributed by atoms with van der Waals surface area (Å²) in [7, 11) is 0. The highest BCUT2D eigenvalue weighted by atomic mass is 19.3. The first kappa shape index (κ1) is 31.7. The Morgan fingerprint density at radius 2 is 1.86 bits per heavy atom. The lowest BCUT2D eigenvalue weighted by Gasteiger charge is -2.35. The fourth-order valence-corrected chi connectivity index (χ4v) is 8.29. The van der Waals surface area contributed by atoms with E-state index in [2.05, 4.69) is 26.1 Å². The fraction of sp³-hybridized carbons (Fsp3) is 0.389. The molecule has 49 heavy (non-hydrogen) atoms. The maximum absolute atomic E-state index is 17.1. The molecule has 4 aliphatic heterocycles. The van der Waals surface area contributed by atoms with Crippen LogP contribution in [0.25, 0.3) is 32.8 Å². The average molecular weight is 680 g/mol. The van der Waals surface area contributed by atoms with E-state index in [-0.39, 0.29) is 52.4 Å². The molecule has 2 unspecified atom stereocenters. The highest BCUT2D eigenvalue weighted by Gasteiger charge is 2.47. The van der Waals surface area contributed by atoms with Gasteiger partial charge in [-0.1, -0.05) is 30.2 Å². The molecule has 8 rings (SSSR count). The van der Waals surface area contributed by atoms with Crippen molar-refractivity contribution in [3.63, 3.8) is 0 Å². The maximum Gasteiger partial charge on any atom is 0.387 e. The number of hydrogen-bond acceptors (Lipinski definition) is 7. The molecule has 0 saturated carbocycles. The maximum atomic E-state index is 17.1. The summed E-state index contributed by atoms with van der Waals surface area (Å²) >= 11 is 0. The summed E-state index contributed by atoms with van der Waals surface area (Å²) in [5.74, 6) is -2.13. The van der Waals surface area contributed by atoms with Gasteiger partial charge >= 0.3 is 12.6 Å². The van der Waals surface area contributed by atoms with Gasteiger partial charge in [0.25, 0.3) is 0 Å². The number of terminal acetylenes is 1. The molecule has 0 aliphatic carbocycles. The monoisotopic (exact) mass is 679 g/mol. The molecule has 2 bridgehead atoms. The van der Waals surface area contributed by atoms with Crippen molar-refractivity contribution in [1.82, 2.24) is 20.2 Å². The first-order chi connectivity index (χ1) is 23.7. The summed E-state index contributed by atoms with van der Waals surface area (Å²) in [6.45, 7) is -1.44. The van der Waals surface area contributed by atoms with Crippen LogP contribution in [0.3, 0.4) is 0 Å². The van der Waals surface area contributed by atoms with Crippen LogP contribution in [0.1, 0.15) is 37.7 Å². The summed E-state index contributed by atoms with van der Waals surface area (Å²) in [6.07, 6.45) is 10.0. The Kier molecular flexibility index (Phi) is 7.83. The van der Waals surface area contributed by atoms with Gasteiger partial charge in [-0.3, -0.25) is 4.90 Å². The summed E-state index contributed by atoms with van der Waals surface area (Å²) in [5, 5.41) is 3.50. The van der Waals surface area contributed by atoms with Gasteiger partial charge in [0, 0.05) is 37.1 Å². The first-order valence-electron chi connectivity index (χ1n) is 16.2. The number of piperazine rings is 1. The van der Waals surface area contributed by atoms with Gasteiger partial charge in [-0.15, -0.1) is 6.42 Å². The van der Waals surface area contributed by atoms with Crippen LogP contribution in [-0.4, -0.2) is 71.9 Å². The molecule has 3 atom stereocenters. The second-order valence-corrected chi connectivity index (χ2v) is 13.3. The van der Waals surface area contributed by atoms with E-state index < -0.39 is 46.4 Å². The highest BCUT2D eigenvalue weighted by molar-refractivity contribution is 6.05. The standard InChI is InChI=1S/C36H31F6N5O2/c1-2-23-25(38)10-7-20-5-3-6-24(26(20)23)27-29(39)31-28(32(30(27)40)49-34(41)42)33(46-16-21-8-9-22(17-46)43-21)45-35(44-31)48-18-36-11-4-12-47(36)15-19(13-36)14-37/h1,3,5-7,10,14,21-22,34,43H,4,8-9,11-13,15-18H2/b19-14-/t21?,22?,36-/m0/s1. The first-order valence-corrected chi connectivity index (χ1v) is 16.2. The number of benzene rings is 3. The lowest BCUT2D eigenvalue weighted by Crippen LogP contribution is -2.51. The van der Waals surface area contributed by atoms with E-state index in [1.165, 1.54) is 18.2 Å². The molecule has 1 N–H and O–H groups in total. The third kappa shape index (κ3) is 5.23. The second kappa shape index (κ2) is 12.1. The fourth-order valence-electron chi connectivity index (χ4n) is 8.29. The summed E-state index contributed by atoms with van der Waals surface area (Å²) in [6, 6.07) is 6.82. The van der Waals surface area contributed by atoms with Crippen molar-refractivity contribution in [2.24, 2.45) is 0 Å². The number of alkyl halides is 2. The molecule has 3 aromatic carbocycles. The molecule has 1 aromatic heterocycles. The number of anilines is 1. The molecule has 0 radical (unpaired) electrons. The van der Waals surface area contributed by atoms with Gasteiger partial charge in [0.05, 0.1) is 28.4 Å². The van der Waals surface area contributed by atoms with Crippen LogP contribution >= 0.6 is 0 Å². The van der Waals surface area contributed by atoms with Crippen LogP contribution in [0, 0.1) is 29.8 Å². The van der Waals surface area contributed by atoms with Gasteiger partial charge in [0.1, 0.15) is 23.8 Å². The predicted molar refractivity (Wildman–Crippen MR) is 172 cm³/mol. The lowest BCUT2D eigenvalue weighted by atomic mass is 9.92. The molecule has 13 heteroatoms. The number of halogens is 6. The van der Waals surface area contributed by atoms with Crippen LogP contribution in [0.5, 0.6) is 11.8 Å². The lowest BCUT2D eigenvalue weighted by molar-refractivity contribution is -0.0510. The van der Waals surface area contributed by atoms with E-state index in [1.54, 1.807) is 11.0 Å². The smallest absolute Gasteiger partial charge is 0.387 e. The molecular weight excluding hydrogens is 648 g/mol. The Labute approximate surface area is 277 Å². The SMILES string of the molecule is C#Cc1c(F)ccc2cccc(-c3c(F)c(OC(F)F)c4c(N5CC6CCC(C5)N6)nc(OC[C@@]56CCCN5C/C(=C\F)C6)nc4c3F)c12. The predicted octanol–water partition coefficient (Wildman–Crippen LogP) is 6.86. The second-order valence-electron chi connectivity index (χ2n) is 13.3. The molecule has 5 heterocycles. The third-order valence-electron chi connectivity index (χ3n) is 10.4. The number of nitrogens with one attached hydrogen (secondary N) is 1. The Balaban J connectivity index is 1.35. The minimum atomic E-state index is -3.49. The highest BCUT2D eigenvalue weighted by Crippen LogP contribution is 2.47. The molecular formula is C36H31F6N5O2. The number of aromatic nitrogens is 2. The van der Waals surface area contributed by atoms with E-state index >= 15 is 8.78 Å². The number of nitrogens with zero attached hydrogens (tertiary/aromatic N) is 4. The van der Waals surface area contributed by atoms with Crippen molar-refractivity contribution in [2.45, 2.75) is 56.3 Å². The zero-order chi connectivity index (χ0) is 34.0. The number of fused-ring (bicyclic) bond motifs is 5. The Hall–Kier alpha value is -4.54. The van der Waals surface area contributed by atoms with Gasteiger partial charge < -0.3 is 19.7 Å². The van der Waals surface area contributed by atoms with Crippen molar-refractivity contribution in [2.75, 3.05) is 37.7 Å². The van der Waals surface area contributed by atoms with Crippen LogP contribution in [0.15, 0.2) is 42.2 Å². The van der Waals surface area contributed by atoms with Crippen LogP contribution in [0.4, 0.5) is 32.2 Å². The zero-order valence-electron chi connectivity index (χ0n) is 26.2. The molecule has 0 amide bonds. The van der Waals surface area contributed by atoms with E-state index in [9.17, 15) is 17.6 Å². The molecule has 4 aliphatic rings. The van der Waals surface area contributed by atoms with Crippen molar-refractivity contribution < 1.29 is 35.8 Å². The number of hydrogen-bond donors (Lipinski definition) is 1. The van der Waals surface area contributed by atoms with Crippen LogP contribution < -0.4 is 19.7 Å². The van der Waals surface area contributed by atoms with E-state index in [1.807, 2.05) is 0 Å². The van der Waals surface area contributed by atoms with Gasteiger partial charge in [0.15, 0.2) is 17.4 Å². The average Bonchev–Trinajstić information content (AvgIpc) is 3.76. The molecule has 254 valence electrons. The number of rotatable bonds is 7. The van der Waals surface area contributed by atoms with Gasteiger partial charge in [-0.25, -0.2) is 17.6 Å². The van der Waals surface area contributed by atoms with Crippen LogP contribution in [0.2, 0.25) is 0 Å². The normalized spacial score (nSPS) is 24.4. The van der Waals surface area contributed by atoms with Crippen molar-refractivity contribution in [3.8, 4) is 35.2 Å². The van der Waals surface area contributed by atoms with Crippen molar-refractivity contribution in [3.05, 3.63) is 65.2 Å². The number of ether oxygens (including phenoxy) is 2. The minimum Gasteiger partial charge on any atom is -0.461 e. The van der Waals surface area contributed by atoms with E-state index in [0.717, 1.165) is 38.3 Å².